The summed E-state index contributed by atoms with van der Waals surface area (Å²) in [6.45, 7) is 4.72. The minimum absolute atomic E-state index is 0.125. The molecule has 0 saturated carbocycles. The number of ether oxygens (including phenoxy) is 1. The van der Waals surface area contributed by atoms with Crippen molar-refractivity contribution >= 4 is 40.3 Å². The van der Waals surface area contributed by atoms with Crippen molar-refractivity contribution in [1.82, 2.24) is 25.4 Å². The molecule has 0 aliphatic rings. The highest BCUT2D eigenvalue weighted by Gasteiger charge is 2.21. The van der Waals surface area contributed by atoms with E-state index < -0.39 is 24.5 Å². The number of thiophene rings is 1. The molecule has 2 N–H and O–H groups in total. The van der Waals surface area contributed by atoms with Crippen LogP contribution >= 0.6 is 11.3 Å². The first-order valence-electron chi connectivity index (χ1n) is 8.92. The molecule has 0 aromatic carbocycles. The van der Waals surface area contributed by atoms with Gasteiger partial charge >= 0.3 is 12.0 Å². The maximum atomic E-state index is 12.7. The summed E-state index contributed by atoms with van der Waals surface area (Å²) >= 11 is 1.49. The number of hydrogen-bond donors (Lipinski definition) is 2. The van der Waals surface area contributed by atoms with E-state index in [-0.39, 0.29) is 11.6 Å². The van der Waals surface area contributed by atoms with Gasteiger partial charge in [-0.15, -0.1) is 11.3 Å². The fraction of sp³-hybridized carbons (Fsp3) is 0.316. The van der Waals surface area contributed by atoms with Crippen LogP contribution in [0.4, 0.5) is 4.79 Å². The number of pyridine rings is 1. The molecule has 0 saturated heterocycles. The van der Waals surface area contributed by atoms with Crippen LogP contribution in [0.1, 0.15) is 29.9 Å². The zero-order chi connectivity index (χ0) is 21.1. The van der Waals surface area contributed by atoms with Gasteiger partial charge in [0.1, 0.15) is 0 Å². The molecule has 152 valence electrons. The van der Waals surface area contributed by atoms with Crippen molar-refractivity contribution in [2.75, 3.05) is 6.61 Å². The summed E-state index contributed by atoms with van der Waals surface area (Å²) in [5.41, 5.74) is 2.05. The number of fused-ring (bicyclic) bond motifs is 1. The van der Waals surface area contributed by atoms with Crippen molar-refractivity contribution in [1.29, 1.82) is 0 Å². The molecular weight excluding hydrogens is 394 g/mol. The fourth-order valence-corrected chi connectivity index (χ4v) is 3.51. The van der Waals surface area contributed by atoms with Gasteiger partial charge in [0.25, 0.3) is 5.91 Å². The molecule has 0 aliphatic heterocycles. The molecule has 3 heterocycles. The number of carbonyl (C=O) groups is 3. The lowest BCUT2D eigenvalue weighted by Crippen LogP contribution is -2.44. The molecule has 3 amide bonds. The molecule has 9 nitrogen and oxygen atoms in total. The number of esters is 1. The van der Waals surface area contributed by atoms with E-state index in [0.29, 0.717) is 22.4 Å². The summed E-state index contributed by atoms with van der Waals surface area (Å²) < 4.78 is 6.75. The van der Waals surface area contributed by atoms with Gasteiger partial charge in [-0.25, -0.2) is 14.6 Å². The molecule has 0 aliphatic carbocycles. The molecule has 0 unspecified atom stereocenters. The molecule has 3 aromatic rings. The number of nitrogens with zero attached hydrogens (tertiary/aromatic N) is 3. The number of imide groups is 1. The predicted octanol–water partition coefficient (Wildman–Crippen LogP) is 2.40. The normalized spacial score (nSPS) is 10.9. The molecule has 10 heteroatoms. The lowest BCUT2D eigenvalue weighted by Gasteiger charge is -2.10. The Morgan fingerprint density at radius 1 is 1.31 bits per heavy atom. The molecule has 0 spiro atoms. The number of carbonyl (C=O) groups excluding carboxylic acids is 3. The quantitative estimate of drug-likeness (QED) is 0.618. The van der Waals surface area contributed by atoms with E-state index in [2.05, 4.69) is 20.7 Å². The Bertz CT molecular complexity index is 1070. The van der Waals surface area contributed by atoms with Crippen LogP contribution in [0.3, 0.4) is 0 Å². The third-order valence-corrected chi connectivity index (χ3v) is 4.86. The van der Waals surface area contributed by atoms with Crippen molar-refractivity contribution < 1.29 is 19.1 Å². The zero-order valence-corrected chi connectivity index (χ0v) is 17.3. The minimum atomic E-state index is -0.719. The van der Waals surface area contributed by atoms with Crippen molar-refractivity contribution in [2.24, 2.45) is 7.05 Å². The number of nitrogens with one attached hydrogen (secondary N) is 2. The van der Waals surface area contributed by atoms with E-state index in [0.717, 1.165) is 4.88 Å². The van der Waals surface area contributed by atoms with E-state index in [1.54, 1.807) is 38.6 Å². The lowest BCUT2D eigenvalue weighted by atomic mass is 10.1. The number of hydrogen-bond acceptors (Lipinski definition) is 7. The average molecular weight is 415 g/mol. The van der Waals surface area contributed by atoms with Crippen LogP contribution in [0.2, 0.25) is 0 Å². The van der Waals surface area contributed by atoms with Crippen molar-refractivity contribution in [3.05, 3.63) is 34.8 Å². The van der Waals surface area contributed by atoms with Gasteiger partial charge in [0, 0.05) is 13.1 Å². The maximum absolute atomic E-state index is 12.7. The molecule has 3 aromatic heterocycles. The molecule has 0 atom stereocenters. The average Bonchev–Trinajstić information content (AvgIpc) is 3.27. The second-order valence-electron chi connectivity index (χ2n) is 6.69. The monoisotopic (exact) mass is 415 g/mol. The predicted molar refractivity (Wildman–Crippen MR) is 109 cm³/mol. The molecule has 0 bridgehead atoms. The number of amides is 3. The summed E-state index contributed by atoms with van der Waals surface area (Å²) in [4.78, 5) is 41.7. The van der Waals surface area contributed by atoms with Crippen LogP contribution in [-0.4, -0.2) is 45.3 Å². The van der Waals surface area contributed by atoms with Crippen LogP contribution in [-0.2, 0) is 16.6 Å². The first-order chi connectivity index (χ1) is 13.8. The summed E-state index contributed by atoms with van der Waals surface area (Å²) in [5.74, 6) is -1.41. The number of urea groups is 1. The fourth-order valence-electron chi connectivity index (χ4n) is 2.83. The van der Waals surface area contributed by atoms with Gasteiger partial charge in [-0.1, -0.05) is 6.07 Å². The number of aryl methyl sites for hydroxylation is 2. The lowest BCUT2D eigenvalue weighted by molar-refractivity contribution is -0.123. The standard InChI is InChI=1S/C19H21N5O4S/c1-10(2)20-19(27)22-15(25)9-28-18(26)12-8-13(14-6-5-7-29-14)21-17-16(12)11(3)23-24(17)4/h5-8,10H,9H2,1-4H3,(H2,20,22,25,27). The molecule has 3 rings (SSSR count). The highest BCUT2D eigenvalue weighted by atomic mass is 32.1. The van der Waals surface area contributed by atoms with Gasteiger partial charge in [-0.05, 0) is 38.3 Å². The Labute approximate surface area is 171 Å². The molecule has 29 heavy (non-hydrogen) atoms. The molecule has 0 radical (unpaired) electrons. The third kappa shape index (κ3) is 4.60. The Morgan fingerprint density at radius 2 is 2.07 bits per heavy atom. The van der Waals surface area contributed by atoms with Crippen LogP contribution in [0, 0.1) is 6.92 Å². The maximum Gasteiger partial charge on any atom is 0.339 e. The van der Waals surface area contributed by atoms with Gasteiger partial charge < -0.3 is 10.1 Å². The van der Waals surface area contributed by atoms with Crippen LogP contribution < -0.4 is 10.6 Å². The van der Waals surface area contributed by atoms with E-state index in [9.17, 15) is 14.4 Å². The third-order valence-electron chi connectivity index (χ3n) is 3.97. The molecule has 0 fully saturated rings. The van der Waals surface area contributed by atoms with Crippen LogP contribution in [0.15, 0.2) is 23.6 Å². The Kier molecular flexibility index (Phi) is 5.92. The van der Waals surface area contributed by atoms with Gasteiger partial charge in [-0.3, -0.25) is 14.8 Å². The first kappa shape index (κ1) is 20.5. The zero-order valence-electron chi connectivity index (χ0n) is 16.5. The first-order valence-corrected chi connectivity index (χ1v) is 9.80. The van der Waals surface area contributed by atoms with Gasteiger partial charge in [0.05, 0.1) is 27.2 Å². The SMILES string of the molecule is Cc1nn(C)c2nc(-c3cccs3)cc(C(=O)OCC(=O)NC(=O)NC(C)C)c12. The van der Waals surface area contributed by atoms with Crippen molar-refractivity contribution in [3.8, 4) is 10.6 Å². The van der Waals surface area contributed by atoms with Gasteiger partial charge in [0.2, 0.25) is 0 Å². The summed E-state index contributed by atoms with van der Waals surface area (Å²) in [6.07, 6.45) is 0. The summed E-state index contributed by atoms with van der Waals surface area (Å²) in [7, 11) is 1.75. The van der Waals surface area contributed by atoms with Crippen LogP contribution in [0.25, 0.3) is 21.6 Å². The van der Waals surface area contributed by atoms with E-state index in [1.165, 1.54) is 11.3 Å². The number of aromatic nitrogens is 3. The summed E-state index contributed by atoms with van der Waals surface area (Å²) in [5, 5.41) is 11.4. The highest BCUT2D eigenvalue weighted by molar-refractivity contribution is 7.13. The highest BCUT2D eigenvalue weighted by Crippen LogP contribution is 2.29. The smallest absolute Gasteiger partial charge is 0.339 e. The van der Waals surface area contributed by atoms with Gasteiger partial charge in [-0.2, -0.15) is 5.10 Å². The minimum Gasteiger partial charge on any atom is -0.452 e. The number of rotatable bonds is 5. The Hall–Kier alpha value is -3.27. The van der Waals surface area contributed by atoms with E-state index in [1.807, 2.05) is 17.5 Å². The van der Waals surface area contributed by atoms with Crippen molar-refractivity contribution in [2.45, 2.75) is 26.8 Å². The second kappa shape index (κ2) is 8.39. The summed E-state index contributed by atoms with van der Waals surface area (Å²) in [6, 6.07) is 4.66. The topological polar surface area (TPSA) is 115 Å². The van der Waals surface area contributed by atoms with Crippen molar-refractivity contribution in [3.63, 3.8) is 0 Å². The van der Waals surface area contributed by atoms with E-state index >= 15 is 0 Å². The second-order valence-corrected chi connectivity index (χ2v) is 7.64. The Balaban J connectivity index is 1.83. The largest absolute Gasteiger partial charge is 0.452 e. The van der Waals surface area contributed by atoms with E-state index in [4.69, 9.17) is 4.74 Å². The molecular formula is C19H21N5O4S. The van der Waals surface area contributed by atoms with Gasteiger partial charge in [0.15, 0.2) is 12.3 Å². The van der Waals surface area contributed by atoms with Crippen LogP contribution in [0.5, 0.6) is 0 Å². The Morgan fingerprint density at radius 3 is 2.72 bits per heavy atom.